The normalized spacial score (nSPS) is 14.7. The molecule has 10 heteroatoms. The van der Waals surface area contributed by atoms with Gasteiger partial charge >= 0.3 is 12.1 Å². The second-order valence-corrected chi connectivity index (χ2v) is 9.34. The smallest absolute Gasteiger partial charge is 0.410 e. The predicted molar refractivity (Wildman–Crippen MR) is 124 cm³/mol. The Morgan fingerprint density at radius 2 is 1.73 bits per heavy atom. The number of halogens is 1. The van der Waals surface area contributed by atoms with Gasteiger partial charge in [0, 0.05) is 38.7 Å². The van der Waals surface area contributed by atoms with E-state index in [0.717, 1.165) is 0 Å². The van der Waals surface area contributed by atoms with Gasteiger partial charge < -0.3 is 19.7 Å². The van der Waals surface area contributed by atoms with Gasteiger partial charge in [0.1, 0.15) is 16.9 Å². The monoisotopic (exact) mass is 476 g/mol. The quantitative estimate of drug-likeness (QED) is 0.663. The first-order chi connectivity index (χ1) is 15.4. The summed E-state index contributed by atoms with van der Waals surface area (Å²) >= 11 is 6.14. The lowest BCUT2D eigenvalue weighted by molar-refractivity contribution is -0.00341. The highest BCUT2D eigenvalue weighted by Gasteiger charge is 2.28. The van der Waals surface area contributed by atoms with Crippen molar-refractivity contribution in [1.29, 1.82) is 0 Å². The number of rotatable bonds is 4. The van der Waals surface area contributed by atoms with Crippen LogP contribution in [0.3, 0.4) is 0 Å². The SMILES string of the molecule is Cc1nn(C)c(Cl)c1C(=O)Nc1ccc(C(=O)OC2CCN(C(=O)OC(C)(C)C)CC2)cc1. The fraction of sp³-hybridized carbons (Fsp3) is 0.478. The Balaban J connectivity index is 1.52. The van der Waals surface area contributed by atoms with Crippen LogP contribution in [0.1, 0.15) is 60.0 Å². The zero-order valence-corrected chi connectivity index (χ0v) is 20.2. The molecule has 1 aliphatic heterocycles. The fourth-order valence-electron chi connectivity index (χ4n) is 3.47. The van der Waals surface area contributed by atoms with Crippen LogP contribution in [0, 0.1) is 6.92 Å². The zero-order chi connectivity index (χ0) is 24.3. The maximum atomic E-state index is 12.5. The van der Waals surface area contributed by atoms with Gasteiger partial charge in [0.05, 0.1) is 16.8 Å². The van der Waals surface area contributed by atoms with Crippen LogP contribution in [0.4, 0.5) is 10.5 Å². The number of carbonyl (C=O) groups excluding carboxylic acids is 3. The predicted octanol–water partition coefficient (Wildman–Crippen LogP) is 4.19. The molecule has 1 saturated heterocycles. The topological polar surface area (TPSA) is 103 Å². The van der Waals surface area contributed by atoms with Crippen molar-refractivity contribution in [3.05, 3.63) is 46.2 Å². The van der Waals surface area contributed by atoms with E-state index < -0.39 is 11.6 Å². The van der Waals surface area contributed by atoms with Crippen molar-refractivity contribution in [1.82, 2.24) is 14.7 Å². The number of piperidine rings is 1. The third-order valence-electron chi connectivity index (χ3n) is 5.13. The van der Waals surface area contributed by atoms with E-state index in [2.05, 4.69) is 10.4 Å². The van der Waals surface area contributed by atoms with Gasteiger partial charge in [0.15, 0.2) is 0 Å². The van der Waals surface area contributed by atoms with Crippen LogP contribution < -0.4 is 5.32 Å². The molecule has 0 unspecified atom stereocenters. The number of nitrogens with one attached hydrogen (secondary N) is 1. The summed E-state index contributed by atoms with van der Waals surface area (Å²) in [5.74, 6) is -0.826. The van der Waals surface area contributed by atoms with Crippen molar-refractivity contribution in [2.75, 3.05) is 18.4 Å². The number of aryl methyl sites for hydroxylation is 2. The Hall–Kier alpha value is -3.07. The van der Waals surface area contributed by atoms with E-state index in [-0.39, 0.29) is 23.3 Å². The average molecular weight is 477 g/mol. The molecule has 2 heterocycles. The minimum absolute atomic E-state index is 0.253. The molecule has 0 atom stereocenters. The van der Waals surface area contributed by atoms with Gasteiger partial charge in [0.25, 0.3) is 5.91 Å². The molecule has 1 aromatic heterocycles. The summed E-state index contributed by atoms with van der Waals surface area (Å²) < 4.78 is 12.4. The Morgan fingerprint density at radius 3 is 2.24 bits per heavy atom. The molecule has 0 bridgehead atoms. The first kappa shape index (κ1) is 24.6. The second kappa shape index (κ2) is 9.82. The molecule has 33 heavy (non-hydrogen) atoms. The highest BCUT2D eigenvalue weighted by molar-refractivity contribution is 6.33. The van der Waals surface area contributed by atoms with Crippen molar-refractivity contribution >= 4 is 35.3 Å². The highest BCUT2D eigenvalue weighted by atomic mass is 35.5. The number of hydrogen-bond donors (Lipinski definition) is 1. The van der Waals surface area contributed by atoms with Gasteiger partial charge in [-0.05, 0) is 52.0 Å². The molecule has 0 spiro atoms. The first-order valence-corrected chi connectivity index (χ1v) is 11.1. The molecule has 2 amide bonds. The summed E-state index contributed by atoms with van der Waals surface area (Å²) in [6.45, 7) is 8.11. The summed E-state index contributed by atoms with van der Waals surface area (Å²) in [4.78, 5) is 38.8. The van der Waals surface area contributed by atoms with Gasteiger partial charge in [-0.1, -0.05) is 11.6 Å². The fourth-order valence-corrected chi connectivity index (χ4v) is 3.73. The number of nitrogens with zero attached hydrogens (tertiary/aromatic N) is 3. The van der Waals surface area contributed by atoms with Crippen molar-refractivity contribution in [3.8, 4) is 0 Å². The number of anilines is 1. The van der Waals surface area contributed by atoms with Crippen molar-refractivity contribution in [3.63, 3.8) is 0 Å². The highest BCUT2D eigenvalue weighted by Crippen LogP contribution is 2.22. The minimum Gasteiger partial charge on any atom is -0.459 e. The van der Waals surface area contributed by atoms with Crippen molar-refractivity contribution in [2.24, 2.45) is 7.05 Å². The van der Waals surface area contributed by atoms with E-state index in [0.29, 0.717) is 48.4 Å². The minimum atomic E-state index is -0.547. The number of carbonyl (C=O) groups is 3. The van der Waals surface area contributed by atoms with Crippen molar-refractivity contribution in [2.45, 2.75) is 52.2 Å². The van der Waals surface area contributed by atoms with Crippen molar-refractivity contribution < 1.29 is 23.9 Å². The van der Waals surface area contributed by atoms with Gasteiger partial charge in [-0.25, -0.2) is 9.59 Å². The number of esters is 1. The third-order valence-corrected chi connectivity index (χ3v) is 5.56. The summed E-state index contributed by atoms with van der Waals surface area (Å²) in [6.07, 6.45) is 0.466. The Kier molecular flexibility index (Phi) is 7.31. The lowest BCUT2D eigenvalue weighted by atomic mass is 10.1. The molecule has 0 aliphatic carbocycles. The number of benzene rings is 1. The molecule has 1 N–H and O–H groups in total. The molecule has 1 fully saturated rings. The second-order valence-electron chi connectivity index (χ2n) is 8.98. The molecule has 1 aromatic carbocycles. The van der Waals surface area contributed by atoms with Gasteiger partial charge in [-0.15, -0.1) is 0 Å². The number of aromatic nitrogens is 2. The Labute approximate surface area is 198 Å². The number of amides is 2. The Morgan fingerprint density at radius 1 is 1.12 bits per heavy atom. The molecular formula is C23H29ClN4O5. The molecule has 2 aromatic rings. The number of hydrogen-bond acceptors (Lipinski definition) is 6. The van der Waals surface area contributed by atoms with Crippen LogP contribution in [0.15, 0.2) is 24.3 Å². The molecular weight excluding hydrogens is 448 g/mol. The summed E-state index contributed by atoms with van der Waals surface area (Å²) in [6, 6.07) is 6.43. The summed E-state index contributed by atoms with van der Waals surface area (Å²) in [7, 11) is 1.66. The molecule has 0 saturated carbocycles. The Bertz CT molecular complexity index is 1030. The van der Waals surface area contributed by atoms with E-state index in [1.54, 1.807) is 43.1 Å². The summed E-state index contributed by atoms with van der Waals surface area (Å²) in [5, 5.41) is 7.14. The maximum Gasteiger partial charge on any atom is 0.410 e. The zero-order valence-electron chi connectivity index (χ0n) is 19.5. The van der Waals surface area contributed by atoms with E-state index in [1.165, 1.54) is 4.68 Å². The van der Waals surface area contributed by atoms with Gasteiger partial charge in [0.2, 0.25) is 0 Å². The molecule has 178 valence electrons. The average Bonchev–Trinajstić information content (AvgIpc) is 2.99. The molecule has 3 rings (SSSR count). The van der Waals surface area contributed by atoms with Crippen LogP contribution in [-0.2, 0) is 16.5 Å². The van der Waals surface area contributed by atoms with Gasteiger partial charge in [-0.3, -0.25) is 9.48 Å². The van der Waals surface area contributed by atoms with Crippen LogP contribution in [-0.4, -0.2) is 57.4 Å². The molecule has 0 radical (unpaired) electrons. The molecule has 1 aliphatic rings. The number of ether oxygens (including phenoxy) is 2. The lowest BCUT2D eigenvalue weighted by Crippen LogP contribution is -2.43. The molecule has 9 nitrogen and oxygen atoms in total. The van der Waals surface area contributed by atoms with E-state index in [4.69, 9.17) is 21.1 Å². The van der Waals surface area contributed by atoms with Crippen LogP contribution in [0.2, 0.25) is 5.15 Å². The van der Waals surface area contributed by atoms with Gasteiger partial charge in [-0.2, -0.15) is 5.10 Å². The van der Waals surface area contributed by atoms with Crippen LogP contribution >= 0.6 is 11.6 Å². The summed E-state index contributed by atoms with van der Waals surface area (Å²) in [5.41, 5.74) is 1.17. The van der Waals surface area contributed by atoms with E-state index in [1.807, 2.05) is 20.8 Å². The largest absolute Gasteiger partial charge is 0.459 e. The third kappa shape index (κ3) is 6.25. The standard InChI is InChI=1S/C23H29ClN4O5/c1-14-18(19(24)27(5)26-14)20(29)25-16-8-6-15(7-9-16)21(30)32-17-10-12-28(13-11-17)22(31)33-23(2,3)4/h6-9,17H,10-13H2,1-5H3,(H,25,29). The lowest BCUT2D eigenvalue weighted by Gasteiger charge is -2.33. The first-order valence-electron chi connectivity index (χ1n) is 10.7. The number of likely N-dealkylation sites (tertiary alicyclic amines) is 1. The van der Waals surface area contributed by atoms with Crippen LogP contribution in [0.5, 0.6) is 0 Å². The van der Waals surface area contributed by atoms with E-state index >= 15 is 0 Å². The van der Waals surface area contributed by atoms with E-state index in [9.17, 15) is 14.4 Å². The van der Waals surface area contributed by atoms with Crippen LogP contribution in [0.25, 0.3) is 0 Å². The maximum absolute atomic E-state index is 12.5.